The van der Waals surface area contributed by atoms with Gasteiger partial charge in [-0.2, -0.15) is 0 Å². The van der Waals surface area contributed by atoms with Gasteiger partial charge in [0, 0.05) is 13.1 Å². The number of esters is 2. The zero-order valence-electron chi connectivity index (χ0n) is 11.1. The number of rotatable bonds is 6. The average Bonchev–Trinajstić information content (AvgIpc) is 2.38. The smallest absolute Gasteiger partial charge is 0.319 e. The van der Waals surface area contributed by atoms with E-state index < -0.39 is 17.2 Å². The second-order valence-electron chi connectivity index (χ2n) is 3.35. The molecule has 0 spiro atoms. The summed E-state index contributed by atoms with van der Waals surface area (Å²) >= 11 is 6.40. The first-order valence-electron chi connectivity index (χ1n) is 5.60. The molecule has 0 saturated heterocycles. The fourth-order valence-corrected chi connectivity index (χ4v) is 2.89. The number of thioether (sulfide) groups is 1. The van der Waals surface area contributed by atoms with Crippen LogP contribution in [0.5, 0.6) is 0 Å². The molecule has 0 aliphatic rings. The first-order chi connectivity index (χ1) is 8.49. The van der Waals surface area contributed by atoms with Crippen molar-refractivity contribution in [2.24, 2.45) is 0 Å². The number of methoxy groups -OCH3 is 2. The van der Waals surface area contributed by atoms with Crippen LogP contribution in [0.3, 0.4) is 0 Å². The maximum atomic E-state index is 11.6. The molecule has 5 nitrogen and oxygen atoms in total. The lowest BCUT2D eigenvalue weighted by Crippen LogP contribution is -2.31. The van der Waals surface area contributed by atoms with Gasteiger partial charge in [0.25, 0.3) is 0 Å². The van der Waals surface area contributed by atoms with Crippen LogP contribution in [0.4, 0.5) is 0 Å². The molecule has 1 atom stereocenters. The van der Waals surface area contributed by atoms with E-state index in [-0.39, 0.29) is 6.42 Å². The summed E-state index contributed by atoms with van der Waals surface area (Å²) in [5.41, 5.74) is 0. The molecule has 0 saturated carbocycles. The first kappa shape index (κ1) is 17.2. The van der Waals surface area contributed by atoms with E-state index in [1.54, 1.807) is 0 Å². The molecule has 0 aliphatic heterocycles. The molecule has 0 aliphatic carbocycles. The standard InChI is InChI=1S/C11H19NO4S2/c1-5-12(6-2)11(17)18-8(10(14)16-4)7-9(13)15-3/h8H,5-7H2,1-4H3. The van der Waals surface area contributed by atoms with Crippen molar-refractivity contribution in [3.8, 4) is 0 Å². The highest BCUT2D eigenvalue weighted by Gasteiger charge is 2.26. The van der Waals surface area contributed by atoms with E-state index in [9.17, 15) is 9.59 Å². The minimum absolute atomic E-state index is 0.0464. The number of carbonyl (C=O) groups excluding carboxylic acids is 2. The van der Waals surface area contributed by atoms with Crippen molar-refractivity contribution in [1.29, 1.82) is 0 Å². The quantitative estimate of drug-likeness (QED) is 0.542. The van der Waals surface area contributed by atoms with Gasteiger partial charge >= 0.3 is 11.9 Å². The van der Waals surface area contributed by atoms with E-state index in [4.69, 9.17) is 12.2 Å². The highest BCUT2D eigenvalue weighted by molar-refractivity contribution is 8.23. The second kappa shape index (κ2) is 9.16. The van der Waals surface area contributed by atoms with Gasteiger partial charge in [-0.3, -0.25) is 9.59 Å². The summed E-state index contributed by atoms with van der Waals surface area (Å²) in [6.07, 6.45) is -0.0464. The number of thiocarbonyl (C=S) groups is 1. The summed E-state index contributed by atoms with van der Waals surface area (Å²) in [6, 6.07) is 0. The van der Waals surface area contributed by atoms with Crippen molar-refractivity contribution in [2.75, 3.05) is 27.3 Å². The molecule has 0 rings (SSSR count). The van der Waals surface area contributed by atoms with Crippen LogP contribution >= 0.6 is 24.0 Å². The topological polar surface area (TPSA) is 55.8 Å². The van der Waals surface area contributed by atoms with Crippen LogP contribution in [0.2, 0.25) is 0 Å². The van der Waals surface area contributed by atoms with E-state index >= 15 is 0 Å². The van der Waals surface area contributed by atoms with Gasteiger partial charge in [-0.25, -0.2) is 0 Å². The Morgan fingerprint density at radius 1 is 1.22 bits per heavy atom. The third-order valence-corrected chi connectivity index (χ3v) is 3.96. The van der Waals surface area contributed by atoms with Crippen molar-refractivity contribution >= 4 is 40.2 Å². The molecule has 0 bridgehead atoms. The van der Waals surface area contributed by atoms with Gasteiger partial charge in [0.05, 0.1) is 20.6 Å². The number of ether oxygens (including phenoxy) is 2. The summed E-state index contributed by atoms with van der Waals surface area (Å²) < 4.78 is 9.80. The maximum Gasteiger partial charge on any atom is 0.319 e. The van der Waals surface area contributed by atoms with Crippen molar-refractivity contribution in [3.63, 3.8) is 0 Å². The fraction of sp³-hybridized carbons (Fsp3) is 0.727. The van der Waals surface area contributed by atoms with Crippen LogP contribution in [0.1, 0.15) is 20.3 Å². The molecule has 0 fully saturated rings. The third kappa shape index (κ3) is 5.68. The molecular formula is C11H19NO4S2. The van der Waals surface area contributed by atoms with Crippen LogP contribution in [0, 0.1) is 0 Å². The molecule has 0 aromatic carbocycles. The van der Waals surface area contributed by atoms with E-state index in [2.05, 4.69) is 9.47 Å². The minimum atomic E-state index is -0.657. The SMILES string of the molecule is CCN(CC)C(=S)SC(CC(=O)OC)C(=O)OC. The maximum absolute atomic E-state index is 11.6. The zero-order valence-corrected chi connectivity index (χ0v) is 12.7. The number of nitrogens with zero attached hydrogens (tertiary/aromatic N) is 1. The Labute approximate surface area is 117 Å². The molecule has 0 radical (unpaired) electrons. The van der Waals surface area contributed by atoms with Crippen LogP contribution in [0.15, 0.2) is 0 Å². The summed E-state index contributed by atoms with van der Waals surface area (Å²) in [5, 5.41) is -0.657. The van der Waals surface area contributed by atoms with Gasteiger partial charge in [-0.05, 0) is 13.8 Å². The van der Waals surface area contributed by atoms with Crippen molar-refractivity contribution < 1.29 is 19.1 Å². The van der Waals surface area contributed by atoms with E-state index in [1.807, 2.05) is 18.7 Å². The molecule has 0 aromatic rings. The van der Waals surface area contributed by atoms with Gasteiger partial charge in [-0.1, -0.05) is 24.0 Å². The summed E-state index contributed by atoms with van der Waals surface area (Å²) in [7, 11) is 2.57. The van der Waals surface area contributed by atoms with Gasteiger partial charge < -0.3 is 14.4 Å². The predicted molar refractivity (Wildman–Crippen MR) is 75.5 cm³/mol. The fourth-order valence-electron chi connectivity index (χ4n) is 1.22. The lowest BCUT2D eigenvalue weighted by Gasteiger charge is -2.23. The van der Waals surface area contributed by atoms with Gasteiger partial charge in [0.15, 0.2) is 0 Å². The second-order valence-corrected chi connectivity index (χ2v) is 5.18. The highest BCUT2D eigenvalue weighted by atomic mass is 32.2. The van der Waals surface area contributed by atoms with E-state index in [1.165, 1.54) is 14.2 Å². The van der Waals surface area contributed by atoms with Gasteiger partial charge in [0.2, 0.25) is 0 Å². The number of carbonyl (C=O) groups is 2. The molecule has 18 heavy (non-hydrogen) atoms. The molecule has 0 aromatic heterocycles. The summed E-state index contributed by atoms with van der Waals surface area (Å²) in [4.78, 5) is 24.7. The van der Waals surface area contributed by atoms with Crippen LogP contribution in [-0.4, -0.2) is 53.7 Å². The molecule has 7 heteroatoms. The average molecular weight is 293 g/mol. The minimum Gasteiger partial charge on any atom is -0.469 e. The first-order valence-corrected chi connectivity index (χ1v) is 6.89. The molecule has 1 unspecified atom stereocenters. The monoisotopic (exact) mass is 293 g/mol. The summed E-state index contributed by atoms with van der Waals surface area (Å²) in [6.45, 7) is 5.47. The summed E-state index contributed by atoms with van der Waals surface area (Å²) in [5.74, 6) is -0.930. The van der Waals surface area contributed by atoms with E-state index in [0.717, 1.165) is 24.9 Å². The normalized spacial score (nSPS) is 11.6. The largest absolute Gasteiger partial charge is 0.469 e. The van der Waals surface area contributed by atoms with Gasteiger partial charge in [0.1, 0.15) is 9.57 Å². The predicted octanol–water partition coefficient (Wildman–Crippen LogP) is 1.45. The molecule has 104 valence electrons. The molecular weight excluding hydrogens is 274 g/mol. The lowest BCUT2D eigenvalue weighted by atomic mass is 10.3. The zero-order chi connectivity index (χ0) is 14.1. The molecule has 0 amide bonds. The lowest BCUT2D eigenvalue weighted by molar-refractivity contribution is -0.146. The van der Waals surface area contributed by atoms with E-state index in [0.29, 0.717) is 4.32 Å². The molecule has 0 N–H and O–H groups in total. The van der Waals surface area contributed by atoms with Crippen LogP contribution in [0.25, 0.3) is 0 Å². The highest BCUT2D eigenvalue weighted by Crippen LogP contribution is 2.21. The number of hydrogen-bond donors (Lipinski definition) is 0. The third-order valence-electron chi connectivity index (χ3n) is 2.31. The van der Waals surface area contributed by atoms with Crippen molar-refractivity contribution in [1.82, 2.24) is 4.90 Å². The van der Waals surface area contributed by atoms with Crippen LogP contribution in [-0.2, 0) is 19.1 Å². The Kier molecular flexibility index (Phi) is 8.74. The number of hydrogen-bond acceptors (Lipinski definition) is 6. The van der Waals surface area contributed by atoms with Crippen LogP contribution < -0.4 is 0 Å². The molecule has 0 heterocycles. The van der Waals surface area contributed by atoms with Crippen molar-refractivity contribution in [2.45, 2.75) is 25.5 Å². The Morgan fingerprint density at radius 2 is 1.78 bits per heavy atom. The Morgan fingerprint density at radius 3 is 2.17 bits per heavy atom. The Balaban J connectivity index is 4.63. The van der Waals surface area contributed by atoms with Gasteiger partial charge in [-0.15, -0.1) is 0 Å². The Hall–Kier alpha value is -0.820. The Bertz CT molecular complexity index is 305. The van der Waals surface area contributed by atoms with Crippen molar-refractivity contribution in [3.05, 3.63) is 0 Å².